The molecule has 0 saturated carbocycles. The van der Waals surface area contributed by atoms with Crippen molar-refractivity contribution in [3.63, 3.8) is 0 Å². The summed E-state index contributed by atoms with van der Waals surface area (Å²) in [6, 6.07) is 5.83. The summed E-state index contributed by atoms with van der Waals surface area (Å²) < 4.78 is 38.6. The van der Waals surface area contributed by atoms with E-state index in [0.717, 1.165) is 21.7 Å². The van der Waals surface area contributed by atoms with Crippen molar-refractivity contribution < 1.29 is 32.6 Å². The Labute approximate surface area is 225 Å². The molecule has 0 bridgehead atoms. The molecule has 0 saturated heterocycles. The number of hydrogen-bond donors (Lipinski definition) is 2. The molecule has 0 aliphatic rings. The third kappa shape index (κ3) is 6.73. The van der Waals surface area contributed by atoms with Gasteiger partial charge in [0.15, 0.2) is 17.1 Å². The van der Waals surface area contributed by atoms with Crippen LogP contribution < -0.4 is 15.5 Å². The van der Waals surface area contributed by atoms with Gasteiger partial charge in [-0.3, -0.25) is 14.5 Å². The summed E-state index contributed by atoms with van der Waals surface area (Å²) in [6.45, 7) is 1.29. The minimum Gasteiger partial charge on any atom is -0.460 e. The third-order valence-corrected chi connectivity index (χ3v) is 5.79. The van der Waals surface area contributed by atoms with Gasteiger partial charge in [-0.25, -0.2) is 23.2 Å². The number of carbonyl (C=O) groups is 3. The number of halogens is 4. The number of nitrogens with one attached hydrogen (secondary N) is 2. The molecule has 0 aliphatic carbocycles. The van der Waals surface area contributed by atoms with E-state index >= 15 is 0 Å². The van der Waals surface area contributed by atoms with E-state index in [-0.39, 0.29) is 40.5 Å². The van der Waals surface area contributed by atoms with Gasteiger partial charge in [0, 0.05) is 24.9 Å². The van der Waals surface area contributed by atoms with E-state index in [4.69, 9.17) is 32.7 Å². The van der Waals surface area contributed by atoms with E-state index in [1.54, 1.807) is 19.2 Å². The van der Waals surface area contributed by atoms with Gasteiger partial charge in [-0.1, -0.05) is 29.3 Å². The van der Waals surface area contributed by atoms with Crippen LogP contribution in [0.4, 0.5) is 25.1 Å². The number of likely N-dealkylation sites (N-methyl/N-ethyl adjacent to an activating group) is 1. The fourth-order valence-electron chi connectivity index (χ4n) is 3.11. The standard InChI is InChI=1S/C23H22Cl2F2N6O5/c1-12(38-23(36)32(3)21-13(5-4-8-29-21)11-37-17(34)10-28-2)33-20(25)18(24)19(31-33)22(35)30-16-7-6-14(26)9-15(16)27/h4-9,12,28H,10-11H2,1-3H3,(H,30,35). The van der Waals surface area contributed by atoms with Gasteiger partial charge in [0.25, 0.3) is 5.91 Å². The number of aromatic nitrogens is 3. The molecule has 11 nitrogen and oxygen atoms in total. The first-order valence-electron chi connectivity index (χ1n) is 10.9. The first kappa shape index (κ1) is 28.8. The normalized spacial score (nSPS) is 11.6. The molecule has 15 heteroatoms. The van der Waals surface area contributed by atoms with Crippen LogP contribution in [0.1, 0.15) is 29.2 Å². The molecule has 3 aromatic rings. The van der Waals surface area contributed by atoms with Crippen molar-refractivity contribution in [3.05, 3.63) is 69.6 Å². The molecule has 1 aromatic carbocycles. The van der Waals surface area contributed by atoms with Crippen LogP contribution in [0, 0.1) is 11.6 Å². The molecule has 202 valence electrons. The summed E-state index contributed by atoms with van der Waals surface area (Å²) in [5, 5.41) is 8.38. The van der Waals surface area contributed by atoms with Crippen LogP contribution in [-0.4, -0.2) is 53.4 Å². The first-order valence-corrected chi connectivity index (χ1v) is 11.7. The number of carbonyl (C=O) groups excluding carboxylic acids is 3. The highest BCUT2D eigenvalue weighted by molar-refractivity contribution is 6.43. The summed E-state index contributed by atoms with van der Waals surface area (Å²) in [5.41, 5.74) is -0.245. The zero-order valence-electron chi connectivity index (χ0n) is 20.3. The fraction of sp³-hybridized carbons (Fsp3) is 0.261. The van der Waals surface area contributed by atoms with Crippen LogP contribution in [0.25, 0.3) is 0 Å². The van der Waals surface area contributed by atoms with Gasteiger partial charge in [-0.05, 0) is 32.2 Å². The summed E-state index contributed by atoms with van der Waals surface area (Å²) in [7, 11) is 2.99. The number of nitrogens with zero attached hydrogens (tertiary/aromatic N) is 4. The quantitative estimate of drug-likeness (QED) is 0.367. The van der Waals surface area contributed by atoms with Gasteiger partial charge in [-0.2, -0.15) is 5.10 Å². The van der Waals surface area contributed by atoms with Crippen molar-refractivity contribution in [3.8, 4) is 0 Å². The Bertz CT molecular complexity index is 1360. The Kier molecular flexibility index (Phi) is 9.55. The van der Waals surface area contributed by atoms with Crippen molar-refractivity contribution in [2.24, 2.45) is 0 Å². The van der Waals surface area contributed by atoms with Crippen molar-refractivity contribution in [2.75, 3.05) is 30.9 Å². The summed E-state index contributed by atoms with van der Waals surface area (Å²) >= 11 is 12.3. The van der Waals surface area contributed by atoms with Crippen LogP contribution in [0.3, 0.4) is 0 Å². The molecular formula is C23H22Cl2F2N6O5. The second-order valence-electron chi connectivity index (χ2n) is 7.70. The van der Waals surface area contributed by atoms with Crippen molar-refractivity contribution in [2.45, 2.75) is 19.8 Å². The van der Waals surface area contributed by atoms with E-state index in [0.29, 0.717) is 11.6 Å². The second-order valence-corrected chi connectivity index (χ2v) is 8.43. The van der Waals surface area contributed by atoms with Gasteiger partial charge in [0.1, 0.15) is 29.1 Å². The number of amides is 2. The molecular weight excluding hydrogens is 549 g/mol. The van der Waals surface area contributed by atoms with Crippen molar-refractivity contribution in [1.82, 2.24) is 20.1 Å². The molecule has 1 unspecified atom stereocenters. The molecule has 0 spiro atoms. The predicted molar refractivity (Wildman–Crippen MR) is 134 cm³/mol. The van der Waals surface area contributed by atoms with Crippen LogP contribution in [0.15, 0.2) is 36.5 Å². The maximum absolute atomic E-state index is 13.9. The smallest absolute Gasteiger partial charge is 0.417 e. The number of esters is 1. The molecule has 0 fully saturated rings. The molecule has 2 amide bonds. The monoisotopic (exact) mass is 570 g/mol. The Morgan fingerprint density at radius 1 is 1.21 bits per heavy atom. The van der Waals surface area contributed by atoms with Gasteiger partial charge < -0.3 is 20.1 Å². The average Bonchev–Trinajstić information content (AvgIpc) is 3.18. The summed E-state index contributed by atoms with van der Waals surface area (Å²) in [6.07, 6.45) is -0.582. The Morgan fingerprint density at radius 3 is 2.63 bits per heavy atom. The lowest BCUT2D eigenvalue weighted by Gasteiger charge is -2.22. The van der Waals surface area contributed by atoms with Crippen LogP contribution in [0.2, 0.25) is 10.2 Å². The zero-order chi connectivity index (χ0) is 28.0. The Morgan fingerprint density at radius 2 is 1.95 bits per heavy atom. The molecule has 2 aromatic heterocycles. The van der Waals surface area contributed by atoms with Crippen molar-refractivity contribution >= 4 is 52.7 Å². The van der Waals surface area contributed by atoms with E-state index in [9.17, 15) is 23.2 Å². The molecule has 0 aliphatic heterocycles. The molecule has 3 rings (SSSR count). The number of ether oxygens (including phenoxy) is 2. The van der Waals surface area contributed by atoms with Gasteiger partial charge in [0.05, 0.1) is 12.2 Å². The average molecular weight is 571 g/mol. The van der Waals surface area contributed by atoms with Crippen LogP contribution in [0.5, 0.6) is 0 Å². The Hall–Kier alpha value is -3.81. The molecule has 38 heavy (non-hydrogen) atoms. The maximum atomic E-state index is 13.9. The molecule has 2 heterocycles. The van der Waals surface area contributed by atoms with E-state index < -0.39 is 35.8 Å². The van der Waals surface area contributed by atoms with Crippen LogP contribution in [-0.2, 0) is 20.9 Å². The topological polar surface area (TPSA) is 128 Å². The maximum Gasteiger partial charge on any atom is 0.417 e. The van der Waals surface area contributed by atoms with Gasteiger partial charge >= 0.3 is 12.1 Å². The lowest BCUT2D eigenvalue weighted by molar-refractivity contribution is -0.143. The minimum atomic E-state index is -1.15. The lowest BCUT2D eigenvalue weighted by atomic mass is 10.2. The minimum absolute atomic E-state index is 0.0109. The highest BCUT2D eigenvalue weighted by Gasteiger charge is 2.27. The fourth-order valence-corrected chi connectivity index (χ4v) is 3.59. The van der Waals surface area contributed by atoms with Crippen molar-refractivity contribution in [1.29, 1.82) is 0 Å². The number of hydrogen-bond acceptors (Lipinski definition) is 8. The number of benzene rings is 1. The first-order chi connectivity index (χ1) is 18.0. The zero-order valence-corrected chi connectivity index (χ0v) is 21.8. The third-order valence-electron chi connectivity index (χ3n) is 4.98. The molecule has 1 atom stereocenters. The van der Waals surface area contributed by atoms with E-state index in [1.807, 2.05) is 0 Å². The number of rotatable bonds is 9. The number of anilines is 2. The SMILES string of the molecule is CNCC(=O)OCc1cccnc1N(C)C(=O)OC(C)n1nc(C(=O)Nc2ccc(F)cc2F)c(Cl)c1Cl. The largest absolute Gasteiger partial charge is 0.460 e. The second kappa shape index (κ2) is 12.6. The van der Waals surface area contributed by atoms with E-state index in [2.05, 4.69) is 20.7 Å². The highest BCUT2D eigenvalue weighted by atomic mass is 35.5. The summed E-state index contributed by atoms with van der Waals surface area (Å²) in [5.74, 6) is -3.07. The lowest BCUT2D eigenvalue weighted by Crippen LogP contribution is -2.31. The van der Waals surface area contributed by atoms with Crippen LogP contribution >= 0.6 is 23.2 Å². The predicted octanol–water partition coefficient (Wildman–Crippen LogP) is 4.17. The summed E-state index contributed by atoms with van der Waals surface area (Å²) in [4.78, 5) is 42.4. The Balaban J connectivity index is 1.73. The molecule has 0 radical (unpaired) electrons. The highest BCUT2D eigenvalue weighted by Crippen LogP contribution is 2.30. The van der Waals surface area contributed by atoms with Gasteiger partial charge in [-0.15, -0.1) is 0 Å². The number of pyridine rings is 1. The van der Waals surface area contributed by atoms with E-state index in [1.165, 1.54) is 20.2 Å². The molecule has 2 N–H and O–H groups in total. The van der Waals surface area contributed by atoms with Gasteiger partial charge in [0.2, 0.25) is 0 Å².